The van der Waals surface area contributed by atoms with Crippen molar-refractivity contribution in [3.05, 3.63) is 83.2 Å². The van der Waals surface area contributed by atoms with Crippen molar-refractivity contribution in [1.82, 2.24) is 9.97 Å². The van der Waals surface area contributed by atoms with Crippen LogP contribution in [0.1, 0.15) is 22.5 Å². The van der Waals surface area contributed by atoms with E-state index in [4.69, 9.17) is 39.8 Å². The first kappa shape index (κ1) is 24.7. The number of aliphatic imine (C=N–C) groups is 1. The van der Waals surface area contributed by atoms with Crippen LogP contribution in [-0.2, 0) is 27.1 Å². The van der Waals surface area contributed by atoms with Crippen molar-refractivity contribution in [2.45, 2.75) is 19.2 Å². The van der Waals surface area contributed by atoms with Crippen LogP contribution in [0, 0.1) is 0 Å². The minimum Gasteiger partial charge on any atom is -0.461 e. The number of anilines is 1. The second-order valence-corrected chi connectivity index (χ2v) is 7.99. The number of benzene rings is 2. The highest BCUT2D eigenvalue weighted by Crippen LogP contribution is 2.32. The number of nitrogens with zero attached hydrogens (tertiary/aromatic N) is 4. The van der Waals surface area contributed by atoms with Crippen LogP contribution in [-0.4, -0.2) is 62.7 Å². The van der Waals surface area contributed by atoms with E-state index in [1.807, 2.05) is 36.4 Å². The summed E-state index contributed by atoms with van der Waals surface area (Å²) in [5, 5.41) is 1.50. The molecule has 1 aromatic heterocycles. The highest BCUT2D eigenvalue weighted by molar-refractivity contribution is 6.06. The third-order valence-electron chi connectivity index (χ3n) is 5.47. The fraction of sp³-hybridized carbons (Fsp3) is 0.346. The van der Waals surface area contributed by atoms with E-state index in [-0.39, 0.29) is 6.01 Å². The van der Waals surface area contributed by atoms with Crippen LogP contribution in [0.3, 0.4) is 0 Å². The standard InChI is InChI=1S/C26H31N5O4/c1-32-13-15-34-25-28-22(18-20-11-7-4-8-12-20)24-23(30-25)21(17-19-9-5-3-6-10-19)29-26(31(24)27)35-16-14-33-2/h3-12,26H,13-18,27H2,1-2H3. The first-order valence-electron chi connectivity index (χ1n) is 11.5. The van der Waals surface area contributed by atoms with Crippen molar-refractivity contribution < 1.29 is 18.9 Å². The zero-order valence-corrected chi connectivity index (χ0v) is 20.1. The number of rotatable bonds is 12. The summed E-state index contributed by atoms with van der Waals surface area (Å²) in [6.07, 6.45) is 0.379. The van der Waals surface area contributed by atoms with Crippen LogP contribution in [0.4, 0.5) is 5.69 Å². The lowest BCUT2D eigenvalue weighted by Gasteiger charge is -2.33. The van der Waals surface area contributed by atoms with Crippen LogP contribution in [0.5, 0.6) is 6.01 Å². The third kappa shape index (κ3) is 6.40. The summed E-state index contributed by atoms with van der Waals surface area (Å²) in [7, 11) is 3.25. The summed E-state index contributed by atoms with van der Waals surface area (Å²) >= 11 is 0. The van der Waals surface area contributed by atoms with Gasteiger partial charge in [-0.15, -0.1) is 0 Å². The molecule has 1 aliphatic rings. The number of fused-ring (bicyclic) bond motifs is 1. The van der Waals surface area contributed by atoms with Gasteiger partial charge in [-0.2, -0.15) is 9.97 Å². The third-order valence-corrected chi connectivity index (χ3v) is 5.47. The highest BCUT2D eigenvalue weighted by Gasteiger charge is 2.32. The molecule has 0 aliphatic carbocycles. The molecule has 184 valence electrons. The topological polar surface area (TPSA) is 104 Å². The molecule has 1 atom stereocenters. The molecule has 0 amide bonds. The van der Waals surface area contributed by atoms with E-state index in [1.165, 1.54) is 5.01 Å². The molecule has 0 spiro atoms. The number of hydrogen-bond acceptors (Lipinski definition) is 9. The SMILES string of the molecule is COCCOc1nc(Cc2ccccc2)c2c(n1)C(Cc1ccccc1)=NC(OCCOC)N2N. The van der Waals surface area contributed by atoms with Gasteiger partial charge in [-0.1, -0.05) is 60.7 Å². The Kier molecular flexibility index (Phi) is 8.74. The Morgan fingerprint density at radius 1 is 0.800 bits per heavy atom. The predicted molar refractivity (Wildman–Crippen MR) is 134 cm³/mol. The van der Waals surface area contributed by atoms with Gasteiger partial charge in [0, 0.05) is 27.1 Å². The van der Waals surface area contributed by atoms with E-state index in [2.05, 4.69) is 24.3 Å². The second-order valence-electron chi connectivity index (χ2n) is 7.99. The summed E-state index contributed by atoms with van der Waals surface area (Å²) in [6.45, 7) is 1.54. The highest BCUT2D eigenvalue weighted by atomic mass is 16.5. The first-order chi connectivity index (χ1) is 17.2. The van der Waals surface area contributed by atoms with E-state index < -0.39 is 6.35 Å². The Hall–Kier alpha value is -3.37. The molecule has 0 saturated carbocycles. The van der Waals surface area contributed by atoms with E-state index in [9.17, 15) is 0 Å². The lowest BCUT2D eigenvalue weighted by molar-refractivity contribution is 0.0191. The van der Waals surface area contributed by atoms with E-state index >= 15 is 0 Å². The number of methoxy groups -OCH3 is 2. The Bertz CT molecular complexity index is 1110. The Balaban J connectivity index is 1.77. The summed E-state index contributed by atoms with van der Waals surface area (Å²) in [6, 6.07) is 20.4. The molecule has 2 heterocycles. The van der Waals surface area contributed by atoms with Gasteiger partial charge in [-0.3, -0.25) is 5.01 Å². The van der Waals surface area contributed by atoms with Crippen molar-refractivity contribution in [2.75, 3.05) is 45.7 Å². The molecule has 3 aromatic rings. The largest absolute Gasteiger partial charge is 0.461 e. The van der Waals surface area contributed by atoms with E-state index in [0.29, 0.717) is 50.7 Å². The van der Waals surface area contributed by atoms with Gasteiger partial charge >= 0.3 is 6.01 Å². The van der Waals surface area contributed by atoms with E-state index in [1.54, 1.807) is 14.2 Å². The Morgan fingerprint density at radius 3 is 2.09 bits per heavy atom. The van der Waals surface area contributed by atoms with Crippen molar-refractivity contribution in [3.63, 3.8) is 0 Å². The molecule has 0 saturated heterocycles. The average molecular weight is 478 g/mol. The molecule has 9 nitrogen and oxygen atoms in total. The molecular weight excluding hydrogens is 446 g/mol. The molecule has 0 radical (unpaired) electrons. The van der Waals surface area contributed by atoms with Crippen LogP contribution >= 0.6 is 0 Å². The van der Waals surface area contributed by atoms with Gasteiger partial charge in [0.1, 0.15) is 18.0 Å². The lowest BCUT2D eigenvalue weighted by atomic mass is 10.0. The van der Waals surface area contributed by atoms with Gasteiger partial charge in [0.15, 0.2) is 0 Å². The maximum Gasteiger partial charge on any atom is 0.317 e. The molecule has 4 rings (SSSR count). The molecule has 9 heteroatoms. The molecule has 2 aromatic carbocycles. The lowest BCUT2D eigenvalue weighted by Crippen LogP contribution is -2.47. The molecule has 1 unspecified atom stereocenters. The predicted octanol–water partition coefficient (Wildman–Crippen LogP) is 2.76. The van der Waals surface area contributed by atoms with Crippen molar-refractivity contribution in [3.8, 4) is 6.01 Å². The summed E-state index contributed by atoms with van der Waals surface area (Å²) in [5.74, 6) is 6.57. The van der Waals surface area contributed by atoms with Crippen molar-refractivity contribution in [2.24, 2.45) is 10.8 Å². The van der Waals surface area contributed by atoms with Crippen molar-refractivity contribution in [1.29, 1.82) is 0 Å². The minimum absolute atomic E-state index is 0.264. The number of nitrogens with two attached hydrogens (primary N) is 1. The van der Waals surface area contributed by atoms with Crippen molar-refractivity contribution >= 4 is 11.4 Å². The summed E-state index contributed by atoms with van der Waals surface area (Å²) in [4.78, 5) is 14.3. The maximum atomic E-state index is 6.57. The van der Waals surface area contributed by atoms with E-state index in [0.717, 1.165) is 22.5 Å². The smallest absolute Gasteiger partial charge is 0.317 e. The first-order valence-corrected chi connectivity index (χ1v) is 11.5. The molecule has 0 bridgehead atoms. The number of ether oxygens (including phenoxy) is 4. The second kappa shape index (κ2) is 12.4. The van der Waals surface area contributed by atoms with Gasteiger partial charge in [-0.25, -0.2) is 10.8 Å². The summed E-state index contributed by atoms with van der Waals surface area (Å²) in [5.41, 5.74) is 4.99. The fourth-order valence-corrected chi connectivity index (χ4v) is 3.78. The molecule has 2 N–H and O–H groups in total. The van der Waals surface area contributed by atoms with Crippen LogP contribution in [0.15, 0.2) is 65.7 Å². The monoisotopic (exact) mass is 477 g/mol. The summed E-state index contributed by atoms with van der Waals surface area (Å²) < 4.78 is 22.0. The maximum absolute atomic E-state index is 6.57. The number of aromatic nitrogens is 2. The molecule has 0 fully saturated rings. The Morgan fingerprint density at radius 2 is 1.43 bits per heavy atom. The van der Waals surface area contributed by atoms with Crippen LogP contribution in [0.2, 0.25) is 0 Å². The zero-order valence-electron chi connectivity index (χ0n) is 20.1. The minimum atomic E-state index is -0.727. The molecule has 1 aliphatic heterocycles. The molecular formula is C26H31N5O4. The van der Waals surface area contributed by atoms with Gasteiger partial charge in [0.05, 0.1) is 31.2 Å². The number of hydrogen-bond donors (Lipinski definition) is 1. The molecule has 35 heavy (non-hydrogen) atoms. The quantitative estimate of drug-likeness (QED) is 0.314. The van der Waals surface area contributed by atoms with Gasteiger partial charge < -0.3 is 18.9 Å². The zero-order chi connectivity index (χ0) is 24.5. The normalized spacial score (nSPS) is 15.0. The average Bonchev–Trinajstić information content (AvgIpc) is 2.88. The van der Waals surface area contributed by atoms with Gasteiger partial charge in [-0.05, 0) is 11.1 Å². The van der Waals surface area contributed by atoms with Gasteiger partial charge in [0.25, 0.3) is 0 Å². The van der Waals surface area contributed by atoms with Gasteiger partial charge in [0.2, 0.25) is 6.35 Å². The Labute approximate surface area is 205 Å². The van der Waals surface area contributed by atoms with Crippen LogP contribution in [0.25, 0.3) is 0 Å². The van der Waals surface area contributed by atoms with Crippen LogP contribution < -0.4 is 15.6 Å². The number of hydrazine groups is 1. The fourth-order valence-electron chi connectivity index (χ4n) is 3.78.